The Morgan fingerprint density at radius 2 is 1.93 bits per heavy atom. The molecule has 6 rings (SSSR count). The van der Waals surface area contributed by atoms with E-state index in [1.807, 2.05) is 37.3 Å². The summed E-state index contributed by atoms with van der Waals surface area (Å²) in [6, 6.07) is 10.6. The molecule has 1 aliphatic carbocycles. The second-order valence-electron chi connectivity index (χ2n) is 12.9. The van der Waals surface area contributed by atoms with Gasteiger partial charge in [-0.3, -0.25) is 4.79 Å². The van der Waals surface area contributed by atoms with Crippen LogP contribution in [0.25, 0.3) is 0 Å². The van der Waals surface area contributed by atoms with E-state index in [-0.39, 0.29) is 30.0 Å². The fourth-order valence-corrected chi connectivity index (χ4v) is 8.63. The summed E-state index contributed by atoms with van der Waals surface area (Å²) in [6.45, 7) is 4.37. The number of hydrogen-bond donors (Lipinski definition) is 2. The van der Waals surface area contributed by atoms with Crippen LogP contribution < -0.4 is 14.4 Å². The first-order valence-electron chi connectivity index (χ1n) is 16.3. The summed E-state index contributed by atoms with van der Waals surface area (Å²) in [5, 5.41) is 11.9. The number of hydrogen-bond acceptors (Lipinski definition) is 7. The largest absolute Gasteiger partial charge is 0.487 e. The van der Waals surface area contributed by atoms with Crippen molar-refractivity contribution < 1.29 is 27.8 Å². The Labute approximate surface area is 271 Å². The van der Waals surface area contributed by atoms with Crippen molar-refractivity contribution in [3.05, 3.63) is 70.3 Å². The molecule has 2 fully saturated rings. The Kier molecular flexibility index (Phi) is 10.1. The zero-order chi connectivity index (χ0) is 31.6. The second-order valence-corrected chi connectivity index (χ2v) is 15.0. The summed E-state index contributed by atoms with van der Waals surface area (Å²) < 4.78 is 43.4. The van der Waals surface area contributed by atoms with Crippen LogP contribution in [-0.2, 0) is 28.0 Å². The molecule has 3 aliphatic heterocycles. The molecule has 0 spiro atoms. The number of benzene rings is 2. The lowest BCUT2D eigenvalue weighted by Crippen LogP contribution is -2.50. The number of anilines is 1. The third-order valence-electron chi connectivity index (χ3n) is 9.85. The number of carbonyl (C=O) groups is 1. The second kappa shape index (κ2) is 14.0. The number of carbonyl (C=O) groups excluding carboxylic acids is 1. The summed E-state index contributed by atoms with van der Waals surface area (Å²) in [4.78, 5) is 15.9. The summed E-state index contributed by atoms with van der Waals surface area (Å²) in [6.07, 6.45) is 9.59. The van der Waals surface area contributed by atoms with Crippen LogP contribution >= 0.6 is 11.6 Å². The van der Waals surface area contributed by atoms with Crippen LogP contribution in [-0.4, -0.2) is 68.2 Å². The molecule has 2 N–H and O–H groups in total. The Morgan fingerprint density at radius 1 is 1.07 bits per heavy atom. The molecule has 5 atom stereocenters. The van der Waals surface area contributed by atoms with E-state index in [1.54, 1.807) is 18.2 Å². The quantitative estimate of drug-likeness (QED) is 0.425. The van der Waals surface area contributed by atoms with Crippen LogP contribution in [0.3, 0.4) is 0 Å². The van der Waals surface area contributed by atoms with E-state index in [1.165, 1.54) is 9.87 Å². The molecule has 1 saturated carbocycles. The molecule has 3 heterocycles. The normalized spacial score (nSPS) is 30.1. The standard InChI is InChI=1S/C34H44ClN3O6S/c1-23-6-4-9-32(39)30-14-11-26(30)20-37-16-3-2-7-24-18-28(35)13-10-27(24)22-44-33-15-12-25(19-31(33)37)34(40)36-45(41,42)38(23)21-29-8-5-17-43-29/h4,9-10,12-13,15,18-19,23,26,29-30,32,39H,2-3,5-8,11,14,16-17,20-22H2,1H3,(H,36,40)/b9-4+/t23-,26+,29-,30-,32?/m1/s1. The Morgan fingerprint density at radius 3 is 2.71 bits per heavy atom. The molecule has 4 aliphatic rings. The van der Waals surface area contributed by atoms with Gasteiger partial charge in [-0.2, -0.15) is 12.7 Å². The number of halogens is 1. The number of amides is 1. The van der Waals surface area contributed by atoms with Gasteiger partial charge in [0.1, 0.15) is 12.4 Å². The minimum Gasteiger partial charge on any atom is -0.487 e. The molecule has 244 valence electrons. The third-order valence-corrected chi connectivity index (χ3v) is 11.7. The van der Waals surface area contributed by atoms with Gasteiger partial charge in [0.25, 0.3) is 5.91 Å². The highest BCUT2D eigenvalue weighted by molar-refractivity contribution is 7.87. The molecular weight excluding hydrogens is 614 g/mol. The fraction of sp³-hybridized carbons (Fsp3) is 0.559. The van der Waals surface area contributed by atoms with Crippen molar-refractivity contribution in [2.24, 2.45) is 11.8 Å². The van der Waals surface area contributed by atoms with E-state index < -0.39 is 28.3 Å². The lowest BCUT2D eigenvalue weighted by molar-refractivity contribution is 0.0460. The Bertz CT molecular complexity index is 1510. The predicted molar refractivity (Wildman–Crippen MR) is 175 cm³/mol. The van der Waals surface area contributed by atoms with Crippen molar-refractivity contribution in [3.8, 4) is 5.75 Å². The van der Waals surface area contributed by atoms with Crippen LogP contribution in [0, 0.1) is 11.8 Å². The summed E-state index contributed by atoms with van der Waals surface area (Å²) >= 11 is 6.32. The average Bonchev–Trinajstić information content (AvgIpc) is 3.50. The molecule has 0 aromatic heterocycles. The molecule has 11 heteroatoms. The lowest BCUT2D eigenvalue weighted by Gasteiger charge is -2.42. The highest BCUT2D eigenvalue weighted by Crippen LogP contribution is 2.41. The van der Waals surface area contributed by atoms with Gasteiger partial charge >= 0.3 is 10.2 Å². The van der Waals surface area contributed by atoms with E-state index in [4.69, 9.17) is 21.1 Å². The molecule has 45 heavy (non-hydrogen) atoms. The topological polar surface area (TPSA) is 108 Å². The third kappa shape index (κ3) is 7.52. The molecule has 0 radical (unpaired) electrons. The molecule has 2 aromatic rings. The van der Waals surface area contributed by atoms with Gasteiger partial charge < -0.3 is 19.5 Å². The summed E-state index contributed by atoms with van der Waals surface area (Å²) in [7, 11) is -4.21. The molecule has 2 bridgehead atoms. The maximum atomic E-state index is 13.7. The number of fused-ring (bicyclic) bond motifs is 3. The van der Waals surface area contributed by atoms with Crippen LogP contribution in [0.4, 0.5) is 5.69 Å². The van der Waals surface area contributed by atoms with Gasteiger partial charge in [-0.05, 0) is 112 Å². The predicted octanol–water partition coefficient (Wildman–Crippen LogP) is 5.25. The molecule has 9 nitrogen and oxygen atoms in total. The Hall–Kier alpha value is -2.63. The summed E-state index contributed by atoms with van der Waals surface area (Å²) in [5.74, 6) is 0.328. The molecule has 1 saturated heterocycles. The highest BCUT2D eigenvalue weighted by atomic mass is 35.5. The van der Waals surface area contributed by atoms with Crippen molar-refractivity contribution in [2.75, 3.05) is 31.1 Å². The lowest BCUT2D eigenvalue weighted by atomic mass is 9.70. The number of ether oxygens (including phenoxy) is 2. The van der Waals surface area contributed by atoms with E-state index in [9.17, 15) is 18.3 Å². The SMILES string of the molecule is C[C@@H]1C/C=C/C(O)[C@@H]2CC[C@H]2CN2CCCCc3cc(Cl)ccc3COc3ccc(cc32)C(=O)NS(=O)(=O)N1C[C@H]1CCCO1. The smallest absolute Gasteiger partial charge is 0.304 e. The molecule has 2 aromatic carbocycles. The van der Waals surface area contributed by atoms with Gasteiger partial charge in [0.05, 0.1) is 17.9 Å². The van der Waals surface area contributed by atoms with Crippen molar-refractivity contribution in [1.82, 2.24) is 9.03 Å². The van der Waals surface area contributed by atoms with E-state index >= 15 is 0 Å². The van der Waals surface area contributed by atoms with Gasteiger partial charge in [-0.15, -0.1) is 0 Å². The maximum Gasteiger partial charge on any atom is 0.304 e. The van der Waals surface area contributed by atoms with Crippen LogP contribution in [0.5, 0.6) is 5.75 Å². The number of aliphatic hydroxyl groups is 1. The van der Waals surface area contributed by atoms with Crippen LogP contribution in [0.15, 0.2) is 48.6 Å². The van der Waals surface area contributed by atoms with Gasteiger partial charge in [-0.1, -0.05) is 29.8 Å². The van der Waals surface area contributed by atoms with Crippen molar-refractivity contribution >= 4 is 33.4 Å². The van der Waals surface area contributed by atoms with Crippen LogP contribution in [0.1, 0.15) is 73.4 Å². The number of nitrogens with zero attached hydrogens (tertiary/aromatic N) is 2. The van der Waals surface area contributed by atoms with Crippen molar-refractivity contribution in [3.63, 3.8) is 0 Å². The first kappa shape index (κ1) is 32.3. The number of nitrogens with one attached hydrogen (secondary N) is 1. The zero-order valence-corrected chi connectivity index (χ0v) is 27.4. The van der Waals surface area contributed by atoms with Gasteiger partial charge in [0.15, 0.2) is 0 Å². The van der Waals surface area contributed by atoms with Gasteiger partial charge in [0, 0.05) is 42.9 Å². The minimum atomic E-state index is -4.21. The monoisotopic (exact) mass is 657 g/mol. The summed E-state index contributed by atoms with van der Waals surface area (Å²) in [5.41, 5.74) is 3.23. The highest BCUT2D eigenvalue weighted by Gasteiger charge is 2.38. The zero-order valence-electron chi connectivity index (χ0n) is 25.9. The molecule has 1 amide bonds. The molecule has 1 unspecified atom stereocenters. The van der Waals surface area contributed by atoms with Crippen molar-refractivity contribution in [1.29, 1.82) is 0 Å². The van der Waals surface area contributed by atoms with Gasteiger partial charge in [-0.25, -0.2) is 4.72 Å². The van der Waals surface area contributed by atoms with E-state index in [0.29, 0.717) is 37.0 Å². The van der Waals surface area contributed by atoms with Gasteiger partial charge in [0.2, 0.25) is 0 Å². The molecular formula is C34H44ClN3O6S. The minimum absolute atomic E-state index is 0.108. The number of rotatable bonds is 2. The number of aliphatic hydroxyl groups excluding tert-OH is 1. The van der Waals surface area contributed by atoms with Crippen LogP contribution in [0.2, 0.25) is 5.02 Å². The maximum absolute atomic E-state index is 13.7. The fourth-order valence-electron chi connectivity index (χ4n) is 7.05. The number of aryl methyl sites for hydroxylation is 1. The first-order chi connectivity index (χ1) is 21.7. The first-order valence-corrected chi connectivity index (χ1v) is 18.1. The van der Waals surface area contributed by atoms with Crippen molar-refractivity contribution in [2.45, 2.75) is 83.1 Å². The van der Waals surface area contributed by atoms with E-state index in [2.05, 4.69) is 9.62 Å². The van der Waals surface area contributed by atoms with E-state index in [0.717, 1.165) is 62.7 Å². The Balaban J connectivity index is 1.36. The average molecular weight is 658 g/mol.